The van der Waals surface area contributed by atoms with Gasteiger partial charge in [0.2, 0.25) is 0 Å². The lowest BCUT2D eigenvalue weighted by Gasteiger charge is -2.35. The molecule has 0 unspecified atom stereocenters. The van der Waals surface area contributed by atoms with Crippen LogP contribution < -0.4 is 0 Å². The second-order valence-corrected chi connectivity index (χ2v) is 6.72. The number of benzene rings is 1. The standard InChI is InChI=1S/C15H22FNO2S/c1-15(2,3)17(9-8-14(18)19)10-11-20-13-7-5-4-6-12(13)16/h4-7H,8-11H2,1-3H3,(H,18,19). The highest BCUT2D eigenvalue weighted by molar-refractivity contribution is 7.99. The molecule has 112 valence electrons. The molecule has 0 heterocycles. The molecule has 0 aliphatic carbocycles. The lowest BCUT2D eigenvalue weighted by Crippen LogP contribution is -2.43. The SMILES string of the molecule is CC(C)(C)N(CCSc1ccccc1F)CCC(=O)O. The molecule has 20 heavy (non-hydrogen) atoms. The largest absolute Gasteiger partial charge is 0.481 e. The van der Waals surface area contributed by atoms with Crippen molar-refractivity contribution in [2.75, 3.05) is 18.8 Å². The number of aliphatic carboxylic acids is 1. The molecule has 0 amide bonds. The van der Waals surface area contributed by atoms with Crippen LogP contribution in [0.25, 0.3) is 0 Å². The van der Waals surface area contributed by atoms with Gasteiger partial charge in [-0.05, 0) is 32.9 Å². The zero-order chi connectivity index (χ0) is 15.2. The van der Waals surface area contributed by atoms with Gasteiger partial charge in [0, 0.05) is 29.3 Å². The summed E-state index contributed by atoms with van der Waals surface area (Å²) in [4.78, 5) is 13.4. The number of hydrogen-bond donors (Lipinski definition) is 1. The van der Waals surface area contributed by atoms with Crippen LogP contribution in [0.2, 0.25) is 0 Å². The van der Waals surface area contributed by atoms with Crippen LogP contribution in [0.5, 0.6) is 0 Å². The van der Waals surface area contributed by atoms with Gasteiger partial charge < -0.3 is 5.11 Å². The highest BCUT2D eigenvalue weighted by Crippen LogP contribution is 2.22. The Kier molecular flexibility index (Phi) is 6.49. The van der Waals surface area contributed by atoms with Crippen LogP contribution in [-0.4, -0.2) is 40.4 Å². The molecule has 0 saturated heterocycles. The second kappa shape index (κ2) is 7.64. The van der Waals surface area contributed by atoms with Crippen LogP contribution in [-0.2, 0) is 4.79 Å². The summed E-state index contributed by atoms with van der Waals surface area (Å²) in [6, 6.07) is 6.71. The Labute approximate surface area is 124 Å². The minimum Gasteiger partial charge on any atom is -0.481 e. The molecule has 1 N–H and O–H groups in total. The summed E-state index contributed by atoms with van der Waals surface area (Å²) in [5.41, 5.74) is -0.0920. The van der Waals surface area contributed by atoms with E-state index in [1.807, 2.05) is 6.07 Å². The molecule has 0 aromatic heterocycles. The van der Waals surface area contributed by atoms with E-state index in [1.54, 1.807) is 12.1 Å². The molecule has 0 atom stereocenters. The van der Waals surface area contributed by atoms with Gasteiger partial charge in [0.05, 0.1) is 6.42 Å². The van der Waals surface area contributed by atoms with E-state index in [1.165, 1.54) is 17.8 Å². The maximum absolute atomic E-state index is 13.5. The van der Waals surface area contributed by atoms with Crippen molar-refractivity contribution in [3.8, 4) is 0 Å². The van der Waals surface area contributed by atoms with Crippen molar-refractivity contribution in [2.45, 2.75) is 37.6 Å². The number of halogens is 1. The number of nitrogens with zero attached hydrogens (tertiary/aromatic N) is 1. The monoisotopic (exact) mass is 299 g/mol. The van der Waals surface area contributed by atoms with Crippen molar-refractivity contribution < 1.29 is 14.3 Å². The van der Waals surface area contributed by atoms with Crippen LogP contribution in [0.1, 0.15) is 27.2 Å². The molecule has 0 fully saturated rings. The fraction of sp³-hybridized carbons (Fsp3) is 0.533. The maximum atomic E-state index is 13.5. The van der Waals surface area contributed by atoms with Gasteiger partial charge in [-0.1, -0.05) is 12.1 Å². The third kappa shape index (κ3) is 5.92. The second-order valence-electron chi connectivity index (χ2n) is 5.58. The molecule has 1 aromatic carbocycles. The Morgan fingerprint density at radius 2 is 1.95 bits per heavy atom. The topological polar surface area (TPSA) is 40.5 Å². The number of carboxylic acid groups (broad SMARTS) is 1. The van der Waals surface area contributed by atoms with E-state index in [2.05, 4.69) is 25.7 Å². The molecule has 1 rings (SSSR count). The molecule has 0 radical (unpaired) electrons. The summed E-state index contributed by atoms with van der Waals surface area (Å²) in [6.45, 7) is 7.42. The van der Waals surface area contributed by atoms with E-state index >= 15 is 0 Å². The number of hydrogen-bond acceptors (Lipinski definition) is 3. The minimum absolute atomic E-state index is 0.0920. The van der Waals surface area contributed by atoms with Gasteiger partial charge in [0.15, 0.2) is 0 Å². The average Bonchev–Trinajstić information content (AvgIpc) is 2.33. The van der Waals surface area contributed by atoms with Gasteiger partial charge in [-0.25, -0.2) is 4.39 Å². The molecule has 1 aromatic rings. The highest BCUT2D eigenvalue weighted by atomic mass is 32.2. The van der Waals surface area contributed by atoms with Crippen LogP contribution >= 0.6 is 11.8 Å². The third-order valence-electron chi connectivity index (χ3n) is 3.00. The van der Waals surface area contributed by atoms with Crippen molar-refractivity contribution in [3.05, 3.63) is 30.1 Å². The fourth-order valence-electron chi connectivity index (χ4n) is 1.84. The molecule has 0 aliphatic rings. The van der Waals surface area contributed by atoms with E-state index in [9.17, 15) is 9.18 Å². The molecular formula is C15H22FNO2S. The zero-order valence-electron chi connectivity index (χ0n) is 12.2. The van der Waals surface area contributed by atoms with Crippen LogP contribution in [0.15, 0.2) is 29.2 Å². The maximum Gasteiger partial charge on any atom is 0.304 e. The number of carboxylic acids is 1. The summed E-state index contributed by atoms with van der Waals surface area (Å²) in [6.07, 6.45) is 0.127. The number of rotatable bonds is 7. The first-order chi connectivity index (χ1) is 9.30. The first-order valence-corrected chi connectivity index (χ1v) is 7.63. The fourth-order valence-corrected chi connectivity index (χ4v) is 2.75. The highest BCUT2D eigenvalue weighted by Gasteiger charge is 2.21. The summed E-state index contributed by atoms with van der Waals surface area (Å²) in [7, 11) is 0. The van der Waals surface area contributed by atoms with Gasteiger partial charge in [-0.3, -0.25) is 9.69 Å². The summed E-state index contributed by atoms with van der Waals surface area (Å²) < 4.78 is 13.5. The first-order valence-electron chi connectivity index (χ1n) is 6.65. The van der Waals surface area contributed by atoms with Crippen molar-refractivity contribution >= 4 is 17.7 Å². The smallest absolute Gasteiger partial charge is 0.304 e. The summed E-state index contributed by atoms with van der Waals surface area (Å²) in [5.74, 6) is -0.260. The Bertz CT molecular complexity index is 446. The molecule has 0 saturated carbocycles. The first kappa shape index (κ1) is 17.0. The number of carbonyl (C=O) groups is 1. The minimum atomic E-state index is -0.791. The van der Waals surface area contributed by atoms with Crippen molar-refractivity contribution in [2.24, 2.45) is 0 Å². The Morgan fingerprint density at radius 3 is 2.50 bits per heavy atom. The molecule has 5 heteroatoms. The average molecular weight is 299 g/mol. The van der Waals surface area contributed by atoms with E-state index in [4.69, 9.17) is 5.11 Å². The van der Waals surface area contributed by atoms with E-state index in [0.717, 1.165) is 12.3 Å². The van der Waals surface area contributed by atoms with Crippen LogP contribution in [0.4, 0.5) is 4.39 Å². The van der Waals surface area contributed by atoms with Gasteiger partial charge in [0.25, 0.3) is 0 Å². The molecule has 0 bridgehead atoms. The van der Waals surface area contributed by atoms with Gasteiger partial charge in [-0.15, -0.1) is 11.8 Å². The lowest BCUT2D eigenvalue weighted by molar-refractivity contribution is -0.137. The predicted molar refractivity (Wildman–Crippen MR) is 80.7 cm³/mol. The van der Waals surface area contributed by atoms with E-state index in [0.29, 0.717) is 11.4 Å². The quantitative estimate of drug-likeness (QED) is 0.782. The summed E-state index contributed by atoms with van der Waals surface area (Å²) >= 11 is 1.46. The lowest BCUT2D eigenvalue weighted by atomic mass is 10.1. The normalized spacial score (nSPS) is 11.8. The number of thioether (sulfide) groups is 1. The zero-order valence-corrected chi connectivity index (χ0v) is 13.0. The molecule has 3 nitrogen and oxygen atoms in total. The van der Waals surface area contributed by atoms with Crippen LogP contribution in [0, 0.1) is 5.82 Å². The van der Waals surface area contributed by atoms with Crippen LogP contribution in [0.3, 0.4) is 0 Å². The predicted octanol–water partition coefficient (Wildman–Crippen LogP) is 3.49. The Hall–Kier alpha value is -1.07. The van der Waals surface area contributed by atoms with Crippen molar-refractivity contribution in [3.63, 3.8) is 0 Å². The molecule has 0 spiro atoms. The van der Waals surface area contributed by atoms with E-state index < -0.39 is 5.97 Å². The van der Waals surface area contributed by atoms with Gasteiger partial charge in [0.1, 0.15) is 5.82 Å². The van der Waals surface area contributed by atoms with Gasteiger partial charge in [-0.2, -0.15) is 0 Å². The van der Waals surface area contributed by atoms with Gasteiger partial charge >= 0.3 is 5.97 Å². The molecular weight excluding hydrogens is 277 g/mol. The van der Waals surface area contributed by atoms with Crippen molar-refractivity contribution in [1.82, 2.24) is 4.90 Å². The van der Waals surface area contributed by atoms with Crippen molar-refractivity contribution in [1.29, 1.82) is 0 Å². The third-order valence-corrected chi connectivity index (χ3v) is 4.03. The Morgan fingerprint density at radius 1 is 1.30 bits per heavy atom. The Balaban J connectivity index is 2.50. The summed E-state index contributed by atoms with van der Waals surface area (Å²) in [5, 5.41) is 8.79. The molecule has 0 aliphatic heterocycles. The van der Waals surface area contributed by atoms with E-state index in [-0.39, 0.29) is 17.8 Å².